The molecule has 1 aliphatic rings. The summed E-state index contributed by atoms with van der Waals surface area (Å²) in [5, 5.41) is 17.7. The zero-order valence-corrected chi connectivity index (χ0v) is 14.9. The Kier molecular flexibility index (Phi) is 4.33. The summed E-state index contributed by atoms with van der Waals surface area (Å²) >= 11 is 0. The molecule has 4 rings (SSSR count). The minimum atomic E-state index is -0.529. The van der Waals surface area contributed by atoms with E-state index in [4.69, 9.17) is 10.8 Å². The lowest BCUT2D eigenvalue weighted by Gasteiger charge is -2.11. The number of nitrogens with one attached hydrogen (secondary N) is 1. The average molecular weight is 364 g/mol. The third kappa shape index (κ3) is 3.04. The largest absolute Gasteiger partial charge is 0.395 e. The first-order valence-corrected chi connectivity index (χ1v) is 8.74. The third-order valence-corrected chi connectivity index (χ3v) is 4.70. The van der Waals surface area contributed by atoms with Gasteiger partial charge in [0.1, 0.15) is 17.4 Å². The van der Waals surface area contributed by atoms with Gasteiger partial charge in [0.25, 0.3) is 0 Å². The molecule has 1 amide bonds. The predicted octanol–water partition coefficient (Wildman–Crippen LogP) is 1.30. The molecule has 8 heteroatoms. The maximum atomic E-state index is 12.2. The number of fused-ring (bicyclic) bond motifs is 3. The lowest BCUT2D eigenvalue weighted by Crippen LogP contribution is -2.33. The van der Waals surface area contributed by atoms with Crippen LogP contribution in [0.5, 0.6) is 0 Å². The van der Waals surface area contributed by atoms with Gasteiger partial charge in [-0.2, -0.15) is 5.10 Å². The molecule has 0 saturated heterocycles. The summed E-state index contributed by atoms with van der Waals surface area (Å²) in [5.41, 5.74) is 9.82. The molecule has 1 aliphatic heterocycles. The molecule has 27 heavy (non-hydrogen) atoms. The highest BCUT2D eigenvalue weighted by Gasteiger charge is 2.19. The summed E-state index contributed by atoms with van der Waals surface area (Å²) in [6, 6.07) is 5.46. The van der Waals surface area contributed by atoms with Crippen LogP contribution in [-0.2, 0) is 4.79 Å². The van der Waals surface area contributed by atoms with Crippen molar-refractivity contribution in [3.05, 3.63) is 36.0 Å². The van der Waals surface area contributed by atoms with Gasteiger partial charge in [-0.1, -0.05) is 6.07 Å². The predicted molar refractivity (Wildman–Crippen MR) is 106 cm³/mol. The van der Waals surface area contributed by atoms with Crippen LogP contribution >= 0.6 is 0 Å². The number of aliphatic hydroxyl groups is 1. The number of amides is 1. The number of carbonyl (C=O) groups excluding carboxylic acids is 1. The minimum absolute atomic E-state index is 0.106. The van der Waals surface area contributed by atoms with Crippen molar-refractivity contribution in [3.8, 4) is 0 Å². The molecule has 0 radical (unpaired) electrons. The first-order chi connectivity index (χ1) is 13.1. The van der Waals surface area contributed by atoms with Crippen molar-refractivity contribution in [2.45, 2.75) is 13.0 Å². The fraction of sp³-hybridized carbons (Fsp3) is 0.263. The third-order valence-electron chi connectivity index (χ3n) is 4.70. The molecule has 3 aromatic rings. The molecular formula is C19H20N6O2. The second kappa shape index (κ2) is 6.81. The van der Waals surface area contributed by atoms with Crippen LogP contribution in [0.4, 0.5) is 5.82 Å². The number of hydrogen-bond acceptors (Lipinski definition) is 6. The van der Waals surface area contributed by atoms with E-state index in [0.29, 0.717) is 23.3 Å². The van der Waals surface area contributed by atoms with E-state index in [-0.39, 0.29) is 19.1 Å². The van der Waals surface area contributed by atoms with Gasteiger partial charge in [-0.25, -0.2) is 4.98 Å². The van der Waals surface area contributed by atoms with Crippen LogP contribution in [0.2, 0.25) is 0 Å². The molecule has 0 aliphatic carbocycles. The van der Waals surface area contributed by atoms with Crippen molar-refractivity contribution >= 4 is 45.3 Å². The molecule has 138 valence electrons. The van der Waals surface area contributed by atoms with Crippen LogP contribution in [-0.4, -0.2) is 51.7 Å². The van der Waals surface area contributed by atoms with Crippen molar-refractivity contribution in [2.75, 3.05) is 25.4 Å². The number of aromatic nitrogens is 3. The number of nitrogen functional groups attached to an aromatic ring is 1. The lowest BCUT2D eigenvalue weighted by molar-refractivity contribution is -0.124. The number of nitrogens with zero attached hydrogens (tertiary/aromatic N) is 4. The van der Waals surface area contributed by atoms with Crippen LogP contribution in [0, 0.1) is 0 Å². The SMILES string of the molecule is CC(C(=O)NCCO)n1cc2c(N)nc3cc(C4=CC=NC4)ccc3c2n1. The van der Waals surface area contributed by atoms with E-state index in [2.05, 4.69) is 20.4 Å². The molecule has 0 bridgehead atoms. The quantitative estimate of drug-likeness (QED) is 0.631. The molecule has 1 unspecified atom stereocenters. The van der Waals surface area contributed by atoms with Crippen LogP contribution < -0.4 is 11.1 Å². The normalized spacial score (nSPS) is 14.7. The number of nitrogens with two attached hydrogens (primary N) is 1. The molecule has 8 nitrogen and oxygen atoms in total. The first-order valence-electron chi connectivity index (χ1n) is 8.74. The summed E-state index contributed by atoms with van der Waals surface area (Å²) in [6.07, 6.45) is 5.53. The van der Waals surface area contributed by atoms with Gasteiger partial charge < -0.3 is 16.2 Å². The van der Waals surface area contributed by atoms with Gasteiger partial charge >= 0.3 is 0 Å². The van der Waals surface area contributed by atoms with Crippen molar-refractivity contribution < 1.29 is 9.90 Å². The Morgan fingerprint density at radius 1 is 1.41 bits per heavy atom. The van der Waals surface area contributed by atoms with Gasteiger partial charge in [-0.05, 0) is 36.3 Å². The van der Waals surface area contributed by atoms with Crippen LogP contribution in [0.15, 0.2) is 35.5 Å². The summed E-state index contributed by atoms with van der Waals surface area (Å²) in [7, 11) is 0. The number of benzene rings is 1. The van der Waals surface area contributed by atoms with E-state index in [1.165, 1.54) is 0 Å². The Morgan fingerprint density at radius 2 is 2.26 bits per heavy atom. The molecule has 3 heterocycles. The van der Waals surface area contributed by atoms with Crippen molar-refractivity contribution in [3.63, 3.8) is 0 Å². The zero-order chi connectivity index (χ0) is 19.0. The highest BCUT2D eigenvalue weighted by molar-refractivity contribution is 6.08. The Hall–Kier alpha value is -3.26. The molecule has 2 aromatic heterocycles. The monoisotopic (exact) mass is 364 g/mol. The molecule has 0 fully saturated rings. The van der Waals surface area contributed by atoms with Crippen molar-refractivity contribution in [1.29, 1.82) is 0 Å². The van der Waals surface area contributed by atoms with Crippen LogP contribution in [0.25, 0.3) is 27.4 Å². The van der Waals surface area contributed by atoms with E-state index >= 15 is 0 Å². The van der Waals surface area contributed by atoms with Gasteiger partial charge in [0.15, 0.2) is 0 Å². The van der Waals surface area contributed by atoms with E-state index in [0.717, 1.165) is 22.0 Å². The fourth-order valence-electron chi connectivity index (χ4n) is 3.17. The highest BCUT2D eigenvalue weighted by Crippen LogP contribution is 2.30. The molecule has 0 spiro atoms. The topological polar surface area (TPSA) is 118 Å². The van der Waals surface area contributed by atoms with Gasteiger partial charge in [0.05, 0.1) is 24.1 Å². The standard InChI is InChI=1S/C19H20N6O2/c1-11(19(27)22-6-7-26)25-10-15-17(24-25)14-3-2-12(13-4-5-21-9-13)8-16(14)23-18(15)20/h2-5,8,10-11,26H,6-7,9H2,1H3,(H2,20,23)(H,22,27). The highest BCUT2D eigenvalue weighted by atomic mass is 16.3. The van der Waals surface area contributed by atoms with E-state index in [1.807, 2.05) is 24.3 Å². The Morgan fingerprint density at radius 3 is 3.00 bits per heavy atom. The zero-order valence-electron chi connectivity index (χ0n) is 14.9. The second-order valence-corrected chi connectivity index (χ2v) is 6.47. The maximum absolute atomic E-state index is 12.2. The second-order valence-electron chi connectivity index (χ2n) is 6.47. The molecular weight excluding hydrogens is 344 g/mol. The number of rotatable bonds is 5. The summed E-state index contributed by atoms with van der Waals surface area (Å²) < 4.78 is 1.58. The average Bonchev–Trinajstić information content (AvgIpc) is 3.35. The maximum Gasteiger partial charge on any atom is 0.244 e. The fourth-order valence-corrected chi connectivity index (χ4v) is 3.17. The van der Waals surface area contributed by atoms with Crippen LogP contribution in [0.3, 0.4) is 0 Å². The van der Waals surface area contributed by atoms with Gasteiger partial charge in [-0.15, -0.1) is 0 Å². The smallest absolute Gasteiger partial charge is 0.244 e. The summed E-state index contributed by atoms with van der Waals surface area (Å²) in [5.74, 6) is 0.156. The van der Waals surface area contributed by atoms with Gasteiger partial charge in [0, 0.05) is 24.3 Å². The van der Waals surface area contributed by atoms with Crippen LogP contribution in [0.1, 0.15) is 18.5 Å². The van der Waals surface area contributed by atoms with E-state index in [1.54, 1.807) is 24.0 Å². The van der Waals surface area contributed by atoms with E-state index in [9.17, 15) is 4.79 Å². The van der Waals surface area contributed by atoms with Crippen molar-refractivity contribution in [2.24, 2.45) is 4.99 Å². The van der Waals surface area contributed by atoms with Gasteiger partial charge in [0.2, 0.25) is 5.91 Å². The number of carbonyl (C=O) groups is 1. The van der Waals surface area contributed by atoms with Crippen molar-refractivity contribution in [1.82, 2.24) is 20.1 Å². The number of pyridine rings is 1. The number of aliphatic imine (C=N–C) groups is 1. The Bertz CT molecular complexity index is 1100. The van der Waals surface area contributed by atoms with Gasteiger partial charge in [-0.3, -0.25) is 14.5 Å². The Balaban J connectivity index is 1.77. The number of hydrogen-bond donors (Lipinski definition) is 3. The number of allylic oxidation sites excluding steroid dienone is 1. The first kappa shape index (κ1) is 17.2. The Labute approximate surface area is 155 Å². The van der Waals surface area contributed by atoms with E-state index < -0.39 is 6.04 Å². The molecule has 4 N–H and O–H groups in total. The molecule has 1 atom stereocenters. The summed E-state index contributed by atoms with van der Waals surface area (Å²) in [6.45, 7) is 2.51. The molecule has 0 saturated carbocycles. The minimum Gasteiger partial charge on any atom is -0.395 e. The number of anilines is 1. The summed E-state index contributed by atoms with van der Waals surface area (Å²) in [4.78, 5) is 20.9. The number of aliphatic hydroxyl groups excluding tert-OH is 1. The molecule has 1 aromatic carbocycles. The lowest BCUT2D eigenvalue weighted by atomic mass is 10.0.